The highest BCUT2D eigenvalue weighted by Gasteiger charge is 2.14. The Labute approximate surface area is 101 Å². The summed E-state index contributed by atoms with van der Waals surface area (Å²) in [6, 6.07) is 3.22. The van der Waals surface area contributed by atoms with Gasteiger partial charge in [0.15, 0.2) is 5.03 Å². The van der Waals surface area contributed by atoms with Gasteiger partial charge in [0.05, 0.1) is 6.61 Å². The predicted octanol–water partition coefficient (Wildman–Crippen LogP) is -0.274. The first-order valence-electron chi connectivity index (χ1n) is 5.18. The third kappa shape index (κ3) is 4.39. The summed E-state index contributed by atoms with van der Waals surface area (Å²) in [5.74, 6) is 0. The predicted molar refractivity (Wildman–Crippen MR) is 64.1 cm³/mol. The summed E-state index contributed by atoms with van der Waals surface area (Å²) < 4.78 is 30.6. The van der Waals surface area contributed by atoms with Gasteiger partial charge in [-0.25, -0.2) is 18.1 Å². The number of ether oxygens (including phenoxy) is 1. The van der Waals surface area contributed by atoms with Crippen LogP contribution in [-0.4, -0.2) is 40.7 Å². The Kier molecular flexibility index (Phi) is 5.49. The number of pyridine rings is 1. The minimum atomic E-state index is -3.53. The lowest BCUT2D eigenvalue weighted by Gasteiger charge is -2.06. The third-order valence-corrected chi connectivity index (χ3v) is 3.43. The Bertz CT molecular complexity index is 431. The van der Waals surface area contributed by atoms with Crippen LogP contribution < -0.4 is 10.0 Å². The molecule has 0 aliphatic rings. The van der Waals surface area contributed by atoms with E-state index in [2.05, 4.69) is 15.0 Å². The second-order valence-corrected chi connectivity index (χ2v) is 5.14. The topological polar surface area (TPSA) is 80.3 Å². The van der Waals surface area contributed by atoms with Gasteiger partial charge in [-0.05, 0) is 18.7 Å². The second-order valence-electron chi connectivity index (χ2n) is 3.43. The first-order valence-corrected chi connectivity index (χ1v) is 6.66. The van der Waals surface area contributed by atoms with Crippen molar-refractivity contribution in [2.75, 3.05) is 27.3 Å². The molecule has 0 bridgehead atoms. The van der Waals surface area contributed by atoms with Gasteiger partial charge in [-0.3, -0.25) is 0 Å². The second kappa shape index (κ2) is 6.65. The molecule has 1 aromatic heterocycles. The van der Waals surface area contributed by atoms with Crippen LogP contribution in [-0.2, 0) is 21.3 Å². The van der Waals surface area contributed by atoms with Crippen LogP contribution in [0.4, 0.5) is 0 Å². The number of hydrogen-bond acceptors (Lipinski definition) is 5. The van der Waals surface area contributed by atoms with E-state index in [1.165, 1.54) is 13.2 Å². The molecule has 0 aliphatic heterocycles. The fourth-order valence-corrected chi connectivity index (χ4v) is 2.17. The van der Waals surface area contributed by atoms with Gasteiger partial charge in [-0.1, -0.05) is 6.07 Å². The van der Waals surface area contributed by atoms with Gasteiger partial charge in [0.25, 0.3) is 10.0 Å². The Hall–Kier alpha value is -1.02. The average Bonchev–Trinajstić information content (AvgIpc) is 2.30. The SMILES string of the molecule is CNCc1ccc(S(=O)(=O)NCCOC)nc1. The van der Waals surface area contributed by atoms with E-state index in [1.807, 2.05) is 7.05 Å². The molecule has 0 spiro atoms. The number of methoxy groups -OCH3 is 1. The Morgan fingerprint density at radius 1 is 1.41 bits per heavy atom. The van der Waals surface area contributed by atoms with Crippen LogP contribution in [0.1, 0.15) is 5.56 Å². The summed E-state index contributed by atoms with van der Waals surface area (Å²) >= 11 is 0. The van der Waals surface area contributed by atoms with Gasteiger partial charge < -0.3 is 10.1 Å². The van der Waals surface area contributed by atoms with Gasteiger partial charge >= 0.3 is 0 Å². The van der Waals surface area contributed by atoms with Crippen molar-refractivity contribution in [3.8, 4) is 0 Å². The highest BCUT2D eigenvalue weighted by atomic mass is 32.2. The van der Waals surface area contributed by atoms with E-state index >= 15 is 0 Å². The molecule has 0 saturated heterocycles. The number of aromatic nitrogens is 1. The molecule has 0 saturated carbocycles. The molecule has 17 heavy (non-hydrogen) atoms. The molecular formula is C10H17N3O3S. The third-order valence-electron chi connectivity index (χ3n) is 2.05. The molecule has 0 amide bonds. The number of rotatable bonds is 7. The quantitative estimate of drug-likeness (QED) is 0.659. The standard InChI is InChI=1S/C10H17N3O3S/c1-11-7-9-3-4-10(12-8-9)17(14,15)13-5-6-16-2/h3-4,8,11,13H,5-7H2,1-2H3. The van der Waals surface area contributed by atoms with Crippen LogP contribution in [0.5, 0.6) is 0 Å². The molecule has 7 heteroatoms. The molecule has 0 aliphatic carbocycles. The van der Waals surface area contributed by atoms with Crippen molar-refractivity contribution in [3.63, 3.8) is 0 Å². The van der Waals surface area contributed by atoms with E-state index in [-0.39, 0.29) is 11.6 Å². The number of nitrogens with zero attached hydrogens (tertiary/aromatic N) is 1. The van der Waals surface area contributed by atoms with Gasteiger partial charge in [0, 0.05) is 26.4 Å². The van der Waals surface area contributed by atoms with Crippen LogP contribution in [0, 0.1) is 0 Å². The van der Waals surface area contributed by atoms with Gasteiger partial charge in [-0.15, -0.1) is 0 Å². The summed E-state index contributed by atoms with van der Waals surface area (Å²) in [6.07, 6.45) is 1.54. The van der Waals surface area contributed by atoms with Crippen LogP contribution in [0.15, 0.2) is 23.4 Å². The van der Waals surface area contributed by atoms with Crippen LogP contribution in [0.25, 0.3) is 0 Å². The summed E-state index contributed by atoms with van der Waals surface area (Å²) in [5, 5.41) is 2.98. The maximum absolute atomic E-state index is 11.7. The van der Waals surface area contributed by atoms with Gasteiger partial charge in [0.2, 0.25) is 0 Å². The van der Waals surface area contributed by atoms with E-state index < -0.39 is 10.0 Å². The van der Waals surface area contributed by atoms with Crippen molar-refractivity contribution in [1.29, 1.82) is 0 Å². The lowest BCUT2D eigenvalue weighted by Crippen LogP contribution is -2.27. The summed E-state index contributed by atoms with van der Waals surface area (Å²) in [6.45, 7) is 1.22. The largest absolute Gasteiger partial charge is 0.383 e. The van der Waals surface area contributed by atoms with Crippen molar-refractivity contribution in [1.82, 2.24) is 15.0 Å². The zero-order valence-electron chi connectivity index (χ0n) is 9.93. The minimum absolute atomic E-state index is 0.0217. The molecule has 1 rings (SSSR count). The maximum Gasteiger partial charge on any atom is 0.258 e. The monoisotopic (exact) mass is 259 g/mol. The molecule has 0 radical (unpaired) electrons. The molecule has 1 heterocycles. The fourth-order valence-electron chi connectivity index (χ4n) is 1.23. The Balaban J connectivity index is 2.71. The first-order chi connectivity index (χ1) is 8.10. The number of sulfonamides is 1. The summed E-state index contributed by atoms with van der Waals surface area (Å²) in [5.41, 5.74) is 0.934. The summed E-state index contributed by atoms with van der Waals surface area (Å²) in [4.78, 5) is 3.92. The number of nitrogens with one attached hydrogen (secondary N) is 2. The smallest absolute Gasteiger partial charge is 0.258 e. The molecule has 2 N–H and O–H groups in total. The van der Waals surface area contributed by atoms with Crippen LogP contribution >= 0.6 is 0 Å². The van der Waals surface area contributed by atoms with E-state index in [9.17, 15) is 8.42 Å². The zero-order valence-corrected chi connectivity index (χ0v) is 10.8. The molecule has 0 fully saturated rings. The highest BCUT2D eigenvalue weighted by Crippen LogP contribution is 2.06. The average molecular weight is 259 g/mol. The number of hydrogen-bond donors (Lipinski definition) is 2. The van der Waals surface area contributed by atoms with Gasteiger partial charge in [-0.2, -0.15) is 0 Å². The fraction of sp³-hybridized carbons (Fsp3) is 0.500. The van der Waals surface area contributed by atoms with Crippen molar-refractivity contribution in [3.05, 3.63) is 23.9 Å². The molecule has 6 nitrogen and oxygen atoms in total. The normalized spacial score (nSPS) is 11.6. The Morgan fingerprint density at radius 3 is 2.71 bits per heavy atom. The molecule has 0 aromatic carbocycles. The van der Waals surface area contributed by atoms with E-state index in [1.54, 1.807) is 12.3 Å². The highest BCUT2D eigenvalue weighted by molar-refractivity contribution is 7.89. The minimum Gasteiger partial charge on any atom is -0.383 e. The van der Waals surface area contributed by atoms with Gasteiger partial charge in [0.1, 0.15) is 0 Å². The van der Waals surface area contributed by atoms with Crippen molar-refractivity contribution in [2.24, 2.45) is 0 Å². The van der Waals surface area contributed by atoms with Crippen molar-refractivity contribution >= 4 is 10.0 Å². The van der Waals surface area contributed by atoms with E-state index in [0.717, 1.165) is 5.56 Å². The van der Waals surface area contributed by atoms with E-state index in [4.69, 9.17) is 4.74 Å². The van der Waals surface area contributed by atoms with Crippen LogP contribution in [0.3, 0.4) is 0 Å². The first kappa shape index (κ1) is 14.0. The zero-order chi connectivity index (χ0) is 12.7. The lowest BCUT2D eigenvalue weighted by atomic mass is 10.3. The molecule has 0 atom stereocenters. The molecule has 96 valence electrons. The lowest BCUT2D eigenvalue weighted by molar-refractivity contribution is 0.204. The van der Waals surface area contributed by atoms with Crippen molar-refractivity contribution < 1.29 is 13.2 Å². The molecule has 0 unspecified atom stereocenters. The summed E-state index contributed by atoms with van der Waals surface area (Å²) in [7, 11) is -0.196. The van der Waals surface area contributed by atoms with Crippen molar-refractivity contribution in [2.45, 2.75) is 11.6 Å². The Morgan fingerprint density at radius 2 is 2.18 bits per heavy atom. The van der Waals surface area contributed by atoms with E-state index in [0.29, 0.717) is 13.2 Å². The molecular weight excluding hydrogens is 242 g/mol. The molecule has 1 aromatic rings. The van der Waals surface area contributed by atoms with Crippen LogP contribution in [0.2, 0.25) is 0 Å². The maximum atomic E-state index is 11.7.